The van der Waals surface area contributed by atoms with Gasteiger partial charge in [0.2, 0.25) is 5.91 Å². The Kier molecular flexibility index (Phi) is 5.07. The van der Waals surface area contributed by atoms with Gasteiger partial charge in [0.05, 0.1) is 17.3 Å². The third kappa shape index (κ3) is 3.35. The highest BCUT2D eigenvalue weighted by Gasteiger charge is 2.57. The van der Waals surface area contributed by atoms with Crippen molar-refractivity contribution in [2.24, 2.45) is 5.92 Å². The third-order valence-corrected chi connectivity index (χ3v) is 7.93. The zero-order valence-corrected chi connectivity index (χ0v) is 17.7. The number of hydrogen-bond donors (Lipinski definition) is 2. The Morgan fingerprint density at radius 1 is 1.19 bits per heavy atom. The third-order valence-electron chi connectivity index (χ3n) is 7.93. The minimum atomic E-state index is -0.905. The van der Waals surface area contributed by atoms with Crippen LogP contribution in [0.4, 0.5) is 20.6 Å². The smallest absolute Gasteiger partial charge is 0.408 e. The number of benzene rings is 1. The van der Waals surface area contributed by atoms with Crippen molar-refractivity contribution in [3.05, 3.63) is 24.0 Å². The van der Waals surface area contributed by atoms with Crippen LogP contribution in [0.25, 0.3) is 0 Å². The van der Waals surface area contributed by atoms with Crippen molar-refractivity contribution in [3.8, 4) is 0 Å². The molecule has 4 aliphatic heterocycles. The number of carbonyl (C=O) groups is 2. The maximum Gasteiger partial charge on any atom is 0.408 e. The summed E-state index contributed by atoms with van der Waals surface area (Å²) in [4.78, 5) is 29.4. The van der Waals surface area contributed by atoms with Crippen LogP contribution in [0.15, 0.2) is 18.2 Å². The molecule has 4 unspecified atom stereocenters. The number of piperidine rings is 2. The van der Waals surface area contributed by atoms with Crippen LogP contribution >= 0.6 is 0 Å². The number of rotatable bonds is 3. The number of anilines is 2. The number of aliphatic hydroxyl groups excluding tert-OH is 1. The fourth-order valence-electron chi connectivity index (χ4n) is 6.65. The molecule has 1 aromatic rings. The summed E-state index contributed by atoms with van der Waals surface area (Å²) in [6.07, 6.45) is 4.17. The van der Waals surface area contributed by atoms with E-state index in [1.807, 2.05) is 11.0 Å². The van der Waals surface area contributed by atoms with Crippen molar-refractivity contribution in [2.45, 2.75) is 69.1 Å². The van der Waals surface area contributed by atoms with Crippen molar-refractivity contribution >= 4 is 23.4 Å². The summed E-state index contributed by atoms with van der Waals surface area (Å²) in [5, 5.41) is 20.4. The molecule has 7 nitrogen and oxygen atoms in total. The Morgan fingerprint density at radius 2 is 2.03 bits per heavy atom. The average Bonchev–Trinajstić information content (AvgIpc) is 3.27. The second-order valence-electron chi connectivity index (χ2n) is 9.61. The first-order valence-corrected chi connectivity index (χ1v) is 11.4. The van der Waals surface area contributed by atoms with E-state index in [-0.39, 0.29) is 23.7 Å². The SMILES string of the molecule is O=C1CCCN1c1ccc(N2CCCC(C34CCC(CC(O)C3)N4C(=O)O)C2)c(F)c1. The standard InChI is InChI=1S/C23H30FN3O4/c24-19-12-16(26-10-2-4-21(26)29)5-6-20(19)25-9-1-3-15(14-25)23-8-7-17(11-18(28)13-23)27(23)22(30)31/h5-6,12,15,17-18,28H,1-4,7-11,13-14H2,(H,30,31). The molecule has 0 saturated carbocycles. The van der Waals surface area contributed by atoms with Gasteiger partial charge in [-0.2, -0.15) is 0 Å². The molecule has 31 heavy (non-hydrogen) atoms. The summed E-state index contributed by atoms with van der Waals surface area (Å²) in [6.45, 7) is 1.91. The van der Waals surface area contributed by atoms with E-state index < -0.39 is 17.7 Å². The lowest BCUT2D eigenvalue weighted by Crippen LogP contribution is -2.62. The maximum absolute atomic E-state index is 15.1. The molecule has 4 saturated heterocycles. The van der Waals surface area contributed by atoms with Gasteiger partial charge in [-0.15, -0.1) is 0 Å². The second-order valence-corrected chi connectivity index (χ2v) is 9.61. The van der Waals surface area contributed by atoms with Gasteiger partial charge in [-0.1, -0.05) is 0 Å². The summed E-state index contributed by atoms with van der Waals surface area (Å²) in [5.41, 5.74) is 0.539. The summed E-state index contributed by atoms with van der Waals surface area (Å²) >= 11 is 0. The molecule has 0 radical (unpaired) electrons. The van der Waals surface area contributed by atoms with Crippen LogP contribution < -0.4 is 9.80 Å². The summed E-state index contributed by atoms with van der Waals surface area (Å²) in [5.74, 6) is -0.264. The van der Waals surface area contributed by atoms with Gasteiger partial charge >= 0.3 is 6.09 Å². The number of nitrogens with zero attached hydrogens (tertiary/aromatic N) is 3. The maximum atomic E-state index is 15.1. The highest BCUT2D eigenvalue weighted by molar-refractivity contribution is 5.95. The fourth-order valence-corrected chi connectivity index (χ4v) is 6.65. The number of fused-ring (bicyclic) bond motifs is 2. The lowest BCUT2D eigenvalue weighted by Gasteiger charge is -2.52. The van der Waals surface area contributed by atoms with Crippen LogP contribution in [0.2, 0.25) is 0 Å². The molecule has 4 fully saturated rings. The van der Waals surface area contributed by atoms with Gasteiger partial charge in [-0.3, -0.25) is 9.69 Å². The number of aliphatic hydroxyl groups is 1. The number of carbonyl (C=O) groups excluding carboxylic acids is 1. The van der Waals surface area contributed by atoms with Crippen LogP contribution in [0.1, 0.15) is 51.4 Å². The van der Waals surface area contributed by atoms with Crippen molar-refractivity contribution in [2.75, 3.05) is 29.4 Å². The highest BCUT2D eigenvalue weighted by atomic mass is 19.1. The van der Waals surface area contributed by atoms with E-state index in [1.165, 1.54) is 6.07 Å². The van der Waals surface area contributed by atoms with Crippen LogP contribution in [-0.4, -0.2) is 64.4 Å². The Labute approximate surface area is 181 Å². The van der Waals surface area contributed by atoms with Crippen molar-refractivity contribution in [1.82, 2.24) is 4.90 Å². The van der Waals surface area contributed by atoms with Gasteiger partial charge in [0.1, 0.15) is 5.82 Å². The van der Waals surface area contributed by atoms with Gasteiger partial charge in [-0.25, -0.2) is 9.18 Å². The van der Waals surface area contributed by atoms with E-state index in [1.54, 1.807) is 15.9 Å². The van der Waals surface area contributed by atoms with E-state index in [0.29, 0.717) is 50.3 Å². The molecule has 0 aromatic heterocycles. The van der Waals surface area contributed by atoms with Crippen molar-refractivity contribution in [1.29, 1.82) is 0 Å². The molecule has 168 valence electrons. The first-order chi connectivity index (χ1) is 14.9. The monoisotopic (exact) mass is 431 g/mol. The molecule has 2 amide bonds. The lowest BCUT2D eigenvalue weighted by molar-refractivity contribution is -0.117. The zero-order chi connectivity index (χ0) is 21.8. The molecule has 2 bridgehead atoms. The van der Waals surface area contributed by atoms with Crippen LogP contribution in [0.5, 0.6) is 0 Å². The number of carboxylic acid groups (broad SMARTS) is 1. The zero-order valence-electron chi connectivity index (χ0n) is 17.7. The predicted octanol–water partition coefficient (Wildman–Crippen LogP) is 3.20. The van der Waals surface area contributed by atoms with E-state index in [4.69, 9.17) is 0 Å². The lowest BCUT2D eigenvalue weighted by atomic mass is 9.72. The molecule has 1 aromatic carbocycles. The first kappa shape index (κ1) is 20.5. The molecule has 2 N–H and O–H groups in total. The van der Waals surface area contributed by atoms with E-state index in [2.05, 4.69) is 0 Å². The van der Waals surface area contributed by atoms with Gasteiger partial charge in [0.25, 0.3) is 0 Å². The molecule has 4 atom stereocenters. The van der Waals surface area contributed by atoms with Crippen molar-refractivity contribution in [3.63, 3.8) is 0 Å². The average molecular weight is 432 g/mol. The molecular weight excluding hydrogens is 401 g/mol. The van der Waals surface area contributed by atoms with Gasteiger partial charge in [0, 0.05) is 43.7 Å². The largest absolute Gasteiger partial charge is 0.465 e. The van der Waals surface area contributed by atoms with E-state index >= 15 is 4.39 Å². The van der Waals surface area contributed by atoms with E-state index in [0.717, 1.165) is 32.1 Å². The minimum absolute atomic E-state index is 0.0321. The molecule has 0 aliphatic carbocycles. The molecule has 8 heteroatoms. The summed E-state index contributed by atoms with van der Waals surface area (Å²) in [6, 6.07) is 4.88. The quantitative estimate of drug-likeness (QED) is 0.768. The highest BCUT2D eigenvalue weighted by Crippen LogP contribution is 2.51. The summed E-state index contributed by atoms with van der Waals surface area (Å²) in [7, 11) is 0. The molecule has 0 spiro atoms. The normalized spacial score (nSPS) is 33.3. The Hall–Kier alpha value is -2.35. The van der Waals surface area contributed by atoms with Crippen LogP contribution in [-0.2, 0) is 4.79 Å². The molecule has 5 rings (SSSR count). The first-order valence-electron chi connectivity index (χ1n) is 11.4. The predicted molar refractivity (Wildman–Crippen MR) is 114 cm³/mol. The minimum Gasteiger partial charge on any atom is -0.465 e. The van der Waals surface area contributed by atoms with Gasteiger partial charge in [0.15, 0.2) is 0 Å². The fraction of sp³-hybridized carbons (Fsp3) is 0.652. The van der Waals surface area contributed by atoms with Crippen molar-refractivity contribution < 1.29 is 24.2 Å². The topological polar surface area (TPSA) is 84.3 Å². The number of hydrogen-bond acceptors (Lipinski definition) is 4. The number of amides is 2. The Bertz CT molecular complexity index is 896. The van der Waals surface area contributed by atoms with Gasteiger partial charge in [-0.05, 0) is 63.1 Å². The van der Waals surface area contributed by atoms with E-state index in [9.17, 15) is 19.8 Å². The van der Waals surface area contributed by atoms with Crippen LogP contribution in [0.3, 0.4) is 0 Å². The Balaban J connectivity index is 1.39. The second kappa shape index (κ2) is 7.65. The molecular formula is C23H30FN3O4. The van der Waals surface area contributed by atoms with Gasteiger partial charge < -0.3 is 20.0 Å². The number of halogens is 1. The summed E-state index contributed by atoms with van der Waals surface area (Å²) < 4.78 is 15.1. The molecule has 4 heterocycles. The molecule has 4 aliphatic rings. The van der Waals surface area contributed by atoms with Crippen LogP contribution in [0, 0.1) is 11.7 Å². The Morgan fingerprint density at radius 3 is 2.74 bits per heavy atom.